The van der Waals surface area contributed by atoms with E-state index in [1.165, 1.54) is 12.8 Å². The highest BCUT2D eigenvalue weighted by Crippen LogP contribution is 2.39. The van der Waals surface area contributed by atoms with Crippen molar-refractivity contribution in [3.63, 3.8) is 0 Å². The number of pyridine rings is 1. The molecule has 22 heavy (non-hydrogen) atoms. The summed E-state index contributed by atoms with van der Waals surface area (Å²) in [5, 5.41) is 0. The van der Waals surface area contributed by atoms with Crippen molar-refractivity contribution in [1.82, 2.24) is 14.8 Å². The lowest BCUT2D eigenvalue weighted by Crippen LogP contribution is -2.45. The van der Waals surface area contributed by atoms with E-state index < -0.39 is 0 Å². The van der Waals surface area contributed by atoms with Gasteiger partial charge in [-0.15, -0.1) is 0 Å². The quantitative estimate of drug-likeness (QED) is 0.846. The fourth-order valence-electron chi connectivity index (χ4n) is 3.86. The molecule has 1 amide bonds. The molecule has 0 aromatic carbocycles. The molecule has 0 aliphatic carbocycles. The Balaban J connectivity index is 1.60. The minimum atomic E-state index is 0.126. The Kier molecular flexibility index (Phi) is 4.74. The standard InChI is InChI=1S/C17H25N3O2/c1-22-12-16(21)20-10-7-17(14-20)6-4-9-19(13-17)11-15-5-2-3-8-18-15/h2-3,5,8H,4,6-7,9-14H2,1H3. The smallest absolute Gasteiger partial charge is 0.248 e. The first-order valence-corrected chi connectivity index (χ1v) is 8.10. The summed E-state index contributed by atoms with van der Waals surface area (Å²) in [4.78, 5) is 20.9. The predicted molar refractivity (Wildman–Crippen MR) is 84.3 cm³/mol. The number of carbonyl (C=O) groups excluding carboxylic acids is 1. The lowest BCUT2D eigenvalue weighted by molar-refractivity contribution is -0.134. The number of nitrogens with zero attached hydrogens (tertiary/aromatic N) is 3. The second-order valence-corrected chi connectivity index (χ2v) is 6.63. The van der Waals surface area contributed by atoms with E-state index in [0.29, 0.717) is 0 Å². The lowest BCUT2D eigenvalue weighted by Gasteiger charge is -2.40. The van der Waals surface area contributed by atoms with Gasteiger partial charge in [0.15, 0.2) is 0 Å². The third kappa shape index (κ3) is 3.47. The van der Waals surface area contributed by atoms with Gasteiger partial charge in [0.05, 0.1) is 5.69 Å². The van der Waals surface area contributed by atoms with E-state index in [9.17, 15) is 4.79 Å². The Morgan fingerprint density at radius 3 is 3.00 bits per heavy atom. The average molecular weight is 303 g/mol. The normalized spacial score (nSPS) is 25.8. The van der Waals surface area contributed by atoms with Gasteiger partial charge in [-0.3, -0.25) is 14.7 Å². The second-order valence-electron chi connectivity index (χ2n) is 6.63. The van der Waals surface area contributed by atoms with Crippen LogP contribution in [0.25, 0.3) is 0 Å². The number of ether oxygens (including phenoxy) is 1. The highest BCUT2D eigenvalue weighted by atomic mass is 16.5. The highest BCUT2D eigenvalue weighted by Gasteiger charge is 2.42. The van der Waals surface area contributed by atoms with Gasteiger partial charge in [-0.25, -0.2) is 0 Å². The number of amides is 1. The Labute approximate surface area is 132 Å². The van der Waals surface area contributed by atoms with Gasteiger partial charge in [0.25, 0.3) is 0 Å². The van der Waals surface area contributed by atoms with Crippen molar-refractivity contribution in [2.75, 3.05) is 39.9 Å². The zero-order valence-electron chi connectivity index (χ0n) is 13.3. The van der Waals surface area contributed by atoms with Crippen LogP contribution in [0.3, 0.4) is 0 Å². The third-order valence-corrected chi connectivity index (χ3v) is 4.91. The Morgan fingerprint density at radius 1 is 1.32 bits per heavy atom. The topological polar surface area (TPSA) is 45.7 Å². The van der Waals surface area contributed by atoms with Crippen molar-refractivity contribution in [2.24, 2.45) is 5.41 Å². The number of likely N-dealkylation sites (tertiary alicyclic amines) is 2. The second kappa shape index (κ2) is 6.75. The van der Waals surface area contributed by atoms with Gasteiger partial charge < -0.3 is 9.64 Å². The first-order chi connectivity index (χ1) is 10.7. The number of aromatic nitrogens is 1. The van der Waals surface area contributed by atoms with Crippen molar-refractivity contribution < 1.29 is 9.53 Å². The predicted octanol–water partition coefficient (Wildman–Crippen LogP) is 1.54. The Morgan fingerprint density at radius 2 is 2.23 bits per heavy atom. The summed E-state index contributed by atoms with van der Waals surface area (Å²) in [7, 11) is 1.58. The molecule has 1 spiro atoms. The largest absolute Gasteiger partial charge is 0.375 e. The van der Waals surface area contributed by atoms with Gasteiger partial charge in [-0.05, 0) is 37.9 Å². The van der Waals surface area contributed by atoms with Crippen LogP contribution in [0.2, 0.25) is 0 Å². The van der Waals surface area contributed by atoms with Gasteiger partial charge in [-0.1, -0.05) is 6.07 Å². The maximum Gasteiger partial charge on any atom is 0.248 e. The van der Waals surface area contributed by atoms with Crippen LogP contribution in [0.15, 0.2) is 24.4 Å². The van der Waals surface area contributed by atoms with Crippen LogP contribution < -0.4 is 0 Å². The highest BCUT2D eigenvalue weighted by molar-refractivity contribution is 5.77. The van der Waals surface area contributed by atoms with Crippen LogP contribution in [0.1, 0.15) is 25.0 Å². The van der Waals surface area contributed by atoms with Gasteiger partial charge in [-0.2, -0.15) is 0 Å². The molecular weight excluding hydrogens is 278 g/mol. The number of rotatable bonds is 4. The van der Waals surface area contributed by atoms with Crippen LogP contribution in [-0.2, 0) is 16.1 Å². The van der Waals surface area contributed by atoms with Crippen molar-refractivity contribution in [3.05, 3.63) is 30.1 Å². The molecule has 0 bridgehead atoms. The molecule has 0 saturated carbocycles. The average Bonchev–Trinajstić information content (AvgIpc) is 2.92. The SMILES string of the molecule is COCC(=O)N1CCC2(CCCN(Cc3ccccn3)C2)C1. The number of hydrogen-bond acceptors (Lipinski definition) is 4. The third-order valence-electron chi connectivity index (χ3n) is 4.91. The summed E-state index contributed by atoms with van der Waals surface area (Å²) in [6, 6.07) is 6.09. The first-order valence-electron chi connectivity index (χ1n) is 8.10. The number of hydrogen-bond donors (Lipinski definition) is 0. The minimum absolute atomic E-state index is 0.126. The lowest BCUT2D eigenvalue weighted by atomic mass is 9.79. The molecular formula is C17H25N3O2. The molecule has 120 valence electrons. The number of carbonyl (C=O) groups is 1. The molecule has 1 atom stereocenters. The maximum absolute atomic E-state index is 12.0. The molecule has 2 aliphatic heterocycles. The molecule has 3 heterocycles. The van der Waals surface area contributed by atoms with Gasteiger partial charge >= 0.3 is 0 Å². The summed E-state index contributed by atoms with van der Waals surface area (Å²) in [6.07, 6.45) is 5.40. The van der Waals surface area contributed by atoms with E-state index in [4.69, 9.17) is 4.74 Å². The minimum Gasteiger partial charge on any atom is -0.375 e. The van der Waals surface area contributed by atoms with E-state index in [1.54, 1.807) is 7.11 Å². The van der Waals surface area contributed by atoms with Gasteiger partial charge in [0.1, 0.15) is 6.61 Å². The molecule has 2 saturated heterocycles. The summed E-state index contributed by atoms with van der Waals surface area (Å²) in [5.74, 6) is 0.126. The monoisotopic (exact) mass is 303 g/mol. The molecule has 3 rings (SSSR count). The van der Waals surface area contributed by atoms with Gasteiger partial charge in [0.2, 0.25) is 5.91 Å². The molecule has 1 unspecified atom stereocenters. The van der Waals surface area contributed by atoms with E-state index >= 15 is 0 Å². The maximum atomic E-state index is 12.0. The van der Waals surface area contributed by atoms with Crippen molar-refractivity contribution in [2.45, 2.75) is 25.8 Å². The fraction of sp³-hybridized carbons (Fsp3) is 0.647. The molecule has 0 radical (unpaired) electrons. The van der Waals surface area contributed by atoms with Crippen LogP contribution in [-0.4, -0.2) is 60.6 Å². The van der Waals surface area contributed by atoms with Crippen molar-refractivity contribution in [1.29, 1.82) is 0 Å². The first kappa shape index (κ1) is 15.4. The molecule has 5 heteroatoms. The van der Waals surface area contributed by atoms with E-state index in [-0.39, 0.29) is 17.9 Å². The summed E-state index contributed by atoms with van der Waals surface area (Å²) >= 11 is 0. The van der Waals surface area contributed by atoms with Gasteiger partial charge in [0, 0.05) is 44.9 Å². The van der Waals surface area contributed by atoms with E-state index in [2.05, 4.69) is 16.0 Å². The molecule has 1 aromatic rings. The summed E-state index contributed by atoms with van der Waals surface area (Å²) < 4.78 is 4.98. The molecule has 2 aliphatic rings. The Bertz CT molecular complexity index is 508. The Hall–Kier alpha value is -1.46. The molecule has 2 fully saturated rings. The van der Waals surface area contributed by atoms with Crippen molar-refractivity contribution >= 4 is 5.91 Å². The zero-order chi connectivity index (χ0) is 15.4. The molecule has 1 aromatic heterocycles. The van der Waals surface area contributed by atoms with Crippen LogP contribution >= 0.6 is 0 Å². The molecule has 0 N–H and O–H groups in total. The van der Waals surface area contributed by atoms with E-state index in [0.717, 1.165) is 44.8 Å². The van der Waals surface area contributed by atoms with Crippen LogP contribution in [0, 0.1) is 5.41 Å². The van der Waals surface area contributed by atoms with Crippen LogP contribution in [0.5, 0.6) is 0 Å². The summed E-state index contributed by atoms with van der Waals surface area (Å²) in [6.45, 7) is 5.07. The molecule has 5 nitrogen and oxygen atoms in total. The fourth-order valence-corrected chi connectivity index (χ4v) is 3.86. The number of piperidine rings is 1. The van der Waals surface area contributed by atoms with E-state index in [1.807, 2.05) is 23.2 Å². The summed E-state index contributed by atoms with van der Waals surface area (Å²) in [5.41, 5.74) is 1.40. The van der Waals surface area contributed by atoms with Crippen LogP contribution in [0.4, 0.5) is 0 Å². The zero-order valence-corrected chi connectivity index (χ0v) is 13.3. The number of methoxy groups -OCH3 is 1. The van der Waals surface area contributed by atoms with Crippen molar-refractivity contribution in [3.8, 4) is 0 Å².